The van der Waals surface area contributed by atoms with E-state index in [9.17, 15) is 9.90 Å². The van der Waals surface area contributed by atoms with E-state index in [2.05, 4.69) is 20.8 Å². The topological polar surface area (TPSA) is 46.5 Å². The Morgan fingerprint density at radius 3 is 2.44 bits per heavy atom. The molecule has 154 valence electrons. The summed E-state index contributed by atoms with van der Waals surface area (Å²) < 4.78 is 5.59. The molecule has 0 aromatic rings. The summed E-state index contributed by atoms with van der Waals surface area (Å²) >= 11 is 0. The molecule has 27 heavy (non-hydrogen) atoms. The van der Waals surface area contributed by atoms with Crippen LogP contribution < -0.4 is 0 Å². The number of ether oxygens (including phenoxy) is 1. The van der Waals surface area contributed by atoms with Crippen molar-refractivity contribution >= 4 is 5.97 Å². The molecule has 0 aromatic carbocycles. The number of fused-ring (bicyclic) bond motifs is 5. The standard InChI is InChI=1S/C24H40O3/c1-5-22(26)21-9-8-19-18-7-6-16-14-17(27-15(2)25)10-12-23(16,3)20(18)11-13-24(19,21)4/h16-22,26H,5-14H2,1-4H3/t16-,17?,18?,19?,20?,21?,22?,23?,24?/m0/s1. The zero-order valence-electron chi connectivity index (χ0n) is 17.9. The Bertz CT molecular complexity index is 574. The Hall–Kier alpha value is -0.570. The van der Waals surface area contributed by atoms with Crippen LogP contribution in [0.4, 0.5) is 0 Å². The van der Waals surface area contributed by atoms with Gasteiger partial charge in [0.15, 0.2) is 0 Å². The maximum Gasteiger partial charge on any atom is 0.302 e. The van der Waals surface area contributed by atoms with Gasteiger partial charge in [-0.25, -0.2) is 0 Å². The summed E-state index contributed by atoms with van der Waals surface area (Å²) in [6.45, 7) is 8.76. The fourth-order valence-corrected chi connectivity index (χ4v) is 8.52. The van der Waals surface area contributed by atoms with Gasteiger partial charge < -0.3 is 9.84 Å². The second kappa shape index (κ2) is 7.04. The second-order valence-corrected chi connectivity index (χ2v) is 10.9. The molecule has 3 heteroatoms. The van der Waals surface area contributed by atoms with E-state index in [1.807, 2.05) is 0 Å². The summed E-state index contributed by atoms with van der Waals surface area (Å²) in [5.74, 6) is 3.62. The molecule has 4 rings (SSSR count). The Kier molecular flexibility index (Phi) is 5.15. The van der Waals surface area contributed by atoms with Crippen LogP contribution in [0.1, 0.15) is 91.9 Å². The normalized spacial score (nSPS) is 50.3. The quantitative estimate of drug-likeness (QED) is 0.676. The van der Waals surface area contributed by atoms with Gasteiger partial charge in [-0.1, -0.05) is 20.8 Å². The van der Waals surface area contributed by atoms with Crippen LogP contribution >= 0.6 is 0 Å². The van der Waals surface area contributed by atoms with Gasteiger partial charge in [-0.3, -0.25) is 4.79 Å². The van der Waals surface area contributed by atoms with Crippen molar-refractivity contribution in [3.8, 4) is 0 Å². The van der Waals surface area contributed by atoms with Gasteiger partial charge in [0.05, 0.1) is 6.10 Å². The molecule has 0 aliphatic heterocycles. The molecule has 9 atom stereocenters. The van der Waals surface area contributed by atoms with E-state index in [4.69, 9.17) is 4.74 Å². The lowest BCUT2D eigenvalue weighted by atomic mass is 9.44. The van der Waals surface area contributed by atoms with E-state index in [0.29, 0.717) is 16.7 Å². The molecular weight excluding hydrogens is 336 g/mol. The first-order chi connectivity index (χ1) is 12.8. The zero-order valence-corrected chi connectivity index (χ0v) is 17.9. The van der Waals surface area contributed by atoms with Gasteiger partial charge in [-0.15, -0.1) is 0 Å². The minimum atomic E-state index is -0.114. The third-order valence-corrected chi connectivity index (χ3v) is 9.91. The Morgan fingerprint density at radius 1 is 1.04 bits per heavy atom. The lowest BCUT2D eigenvalue weighted by Gasteiger charge is -2.61. The van der Waals surface area contributed by atoms with Crippen LogP contribution in [0.2, 0.25) is 0 Å². The van der Waals surface area contributed by atoms with Gasteiger partial charge in [0.2, 0.25) is 0 Å². The Labute approximate surface area is 165 Å². The van der Waals surface area contributed by atoms with Crippen molar-refractivity contribution in [3.05, 3.63) is 0 Å². The highest BCUT2D eigenvalue weighted by Crippen LogP contribution is 2.67. The highest BCUT2D eigenvalue weighted by atomic mass is 16.5. The Balaban J connectivity index is 1.52. The largest absolute Gasteiger partial charge is 0.463 e. The van der Waals surface area contributed by atoms with Crippen molar-refractivity contribution in [3.63, 3.8) is 0 Å². The van der Waals surface area contributed by atoms with Gasteiger partial charge in [-0.05, 0) is 105 Å². The fourth-order valence-electron chi connectivity index (χ4n) is 8.52. The van der Waals surface area contributed by atoms with Crippen LogP contribution in [-0.4, -0.2) is 23.3 Å². The van der Waals surface area contributed by atoms with E-state index in [0.717, 1.165) is 42.9 Å². The zero-order chi connectivity index (χ0) is 19.4. The lowest BCUT2D eigenvalue weighted by Crippen LogP contribution is -2.54. The van der Waals surface area contributed by atoms with Crippen molar-refractivity contribution < 1.29 is 14.6 Å². The van der Waals surface area contributed by atoms with Crippen LogP contribution in [0, 0.1) is 40.4 Å². The number of carbonyl (C=O) groups excluding carboxylic acids is 1. The molecule has 0 amide bonds. The van der Waals surface area contributed by atoms with Crippen LogP contribution in [0.15, 0.2) is 0 Å². The molecule has 1 N–H and O–H groups in total. The average molecular weight is 377 g/mol. The highest BCUT2D eigenvalue weighted by molar-refractivity contribution is 5.66. The molecule has 4 aliphatic rings. The second-order valence-electron chi connectivity index (χ2n) is 10.9. The predicted octanol–water partition coefficient (Wildman–Crippen LogP) is 5.35. The number of rotatable bonds is 3. The van der Waals surface area contributed by atoms with Crippen LogP contribution in [0.5, 0.6) is 0 Å². The van der Waals surface area contributed by atoms with Crippen LogP contribution in [-0.2, 0) is 9.53 Å². The molecule has 4 saturated carbocycles. The fraction of sp³-hybridized carbons (Fsp3) is 0.958. The summed E-state index contributed by atoms with van der Waals surface area (Å²) in [7, 11) is 0. The molecular formula is C24H40O3. The lowest BCUT2D eigenvalue weighted by molar-refractivity contribution is -0.161. The molecule has 3 nitrogen and oxygen atoms in total. The first-order valence-corrected chi connectivity index (χ1v) is 11.6. The third-order valence-electron chi connectivity index (χ3n) is 9.91. The molecule has 0 radical (unpaired) electrons. The maximum atomic E-state index is 11.4. The molecule has 0 heterocycles. The number of aliphatic hydroxyl groups excluding tert-OH is 1. The smallest absolute Gasteiger partial charge is 0.302 e. The van der Waals surface area contributed by atoms with E-state index in [1.54, 1.807) is 6.92 Å². The van der Waals surface area contributed by atoms with Gasteiger partial charge >= 0.3 is 5.97 Å². The first kappa shape index (κ1) is 19.7. The van der Waals surface area contributed by atoms with Gasteiger partial charge in [0.25, 0.3) is 0 Å². The number of esters is 1. The van der Waals surface area contributed by atoms with Crippen LogP contribution in [0.25, 0.3) is 0 Å². The van der Waals surface area contributed by atoms with E-state index < -0.39 is 0 Å². The molecule has 8 unspecified atom stereocenters. The average Bonchev–Trinajstić information content (AvgIpc) is 2.98. The SMILES string of the molecule is CCC(O)C1CCC2C3CC[C@H]4CC(OC(C)=O)CCC4(C)C3CCC12C. The van der Waals surface area contributed by atoms with Gasteiger partial charge in [-0.2, -0.15) is 0 Å². The molecule has 0 spiro atoms. The summed E-state index contributed by atoms with van der Waals surface area (Å²) in [6.07, 6.45) is 12.2. The molecule has 0 saturated heterocycles. The molecule has 0 bridgehead atoms. The van der Waals surface area contributed by atoms with Crippen molar-refractivity contribution in [1.29, 1.82) is 0 Å². The summed E-state index contributed by atoms with van der Waals surface area (Å²) in [5.41, 5.74) is 0.789. The molecule has 0 aromatic heterocycles. The van der Waals surface area contributed by atoms with Crippen molar-refractivity contribution in [2.45, 2.75) is 104 Å². The van der Waals surface area contributed by atoms with E-state index in [1.165, 1.54) is 44.9 Å². The number of carbonyl (C=O) groups is 1. The van der Waals surface area contributed by atoms with Crippen molar-refractivity contribution in [1.82, 2.24) is 0 Å². The van der Waals surface area contributed by atoms with Crippen LogP contribution in [0.3, 0.4) is 0 Å². The van der Waals surface area contributed by atoms with E-state index in [-0.39, 0.29) is 18.2 Å². The minimum absolute atomic E-state index is 0.109. The Morgan fingerprint density at radius 2 is 1.74 bits per heavy atom. The highest BCUT2D eigenvalue weighted by Gasteiger charge is 2.60. The number of hydrogen-bond donors (Lipinski definition) is 1. The van der Waals surface area contributed by atoms with E-state index >= 15 is 0 Å². The summed E-state index contributed by atoms with van der Waals surface area (Å²) in [5, 5.41) is 10.7. The summed E-state index contributed by atoms with van der Waals surface area (Å²) in [4.78, 5) is 11.4. The molecule has 4 fully saturated rings. The van der Waals surface area contributed by atoms with Crippen molar-refractivity contribution in [2.75, 3.05) is 0 Å². The monoisotopic (exact) mass is 376 g/mol. The minimum Gasteiger partial charge on any atom is -0.463 e. The van der Waals surface area contributed by atoms with Gasteiger partial charge in [0.1, 0.15) is 6.10 Å². The third kappa shape index (κ3) is 3.07. The maximum absolute atomic E-state index is 11.4. The summed E-state index contributed by atoms with van der Waals surface area (Å²) in [6, 6.07) is 0. The van der Waals surface area contributed by atoms with Gasteiger partial charge in [0, 0.05) is 6.92 Å². The number of aliphatic hydroxyl groups is 1. The first-order valence-electron chi connectivity index (χ1n) is 11.6. The predicted molar refractivity (Wildman–Crippen MR) is 107 cm³/mol. The molecule has 4 aliphatic carbocycles. The number of hydrogen-bond acceptors (Lipinski definition) is 3. The van der Waals surface area contributed by atoms with Crippen molar-refractivity contribution in [2.24, 2.45) is 40.4 Å².